The lowest BCUT2D eigenvalue weighted by Crippen LogP contribution is -2.27. The molecule has 1 amide bonds. The third-order valence-corrected chi connectivity index (χ3v) is 2.89. The minimum absolute atomic E-state index is 0.113. The minimum atomic E-state index is -0.464. The van der Waals surface area contributed by atoms with Gasteiger partial charge in [0.25, 0.3) is 0 Å². The first-order valence-electron chi connectivity index (χ1n) is 2.67. The number of rotatable bonds is 0. The zero-order chi connectivity index (χ0) is 7.07. The molecule has 0 aliphatic carbocycles. The quantitative estimate of drug-likeness (QED) is 0.599. The molecule has 0 atom stereocenters. The zero-order valence-corrected chi connectivity index (χ0v) is 8.20. The number of carbonyl (C=O) groups excluding carboxylic acids is 1. The van der Waals surface area contributed by atoms with Crippen molar-refractivity contribution in [2.24, 2.45) is 0 Å². The van der Waals surface area contributed by atoms with Crippen LogP contribution in [-0.2, 0) is 4.79 Å². The molecule has 0 saturated carbocycles. The average molecular weight is 257 g/mol. The zero-order valence-electron chi connectivity index (χ0n) is 5.03. The van der Waals surface area contributed by atoms with Gasteiger partial charge in [-0.05, 0) is 6.42 Å². The van der Waals surface area contributed by atoms with Gasteiger partial charge in [-0.2, -0.15) is 0 Å². The number of hydrogen-bond acceptors (Lipinski definition) is 1. The second kappa shape index (κ2) is 2.23. The maximum atomic E-state index is 11.1. The molecule has 1 saturated heterocycles. The number of hydrogen-bond donors (Lipinski definition) is 0. The van der Waals surface area contributed by atoms with E-state index in [0.29, 0.717) is 0 Å². The molecule has 1 aliphatic rings. The first-order chi connectivity index (χ1) is 4.04. The molecule has 1 fully saturated rings. The van der Waals surface area contributed by atoms with Gasteiger partial charge in [0.1, 0.15) is 0 Å². The number of carbonyl (C=O) groups is 1. The van der Waals surface area contributed by atoms with Crippen LogP contribution < -0.4 is 0 Å². The summed E-state index contributed by atoms with van der Waals surface area (Å²) in [4.78, 5) is 12.8. The fourth-order valence-corrected chi connectivity index (χ4v) is 1.76. The fraction of sp³-hybridized carbons (Fsp3) is 0.800. The van der Waals surface area contributed by atoms with Crippen molar-refractivity contribution in [1.82, 2.24) is 4.90 Å². The van der Waals surface area contributed by atoms with E-state index in [4.69, 9.17) is 0 Å². The van der Waals surface area contributed by atoms with Crippen molar-refractivity contribution < 1.29 is 4.79 Å². The van der Waals surface area contributed by atoms with E-state index < -0.39 is 3.23 Å². The summed E-state index contributed by atoms with van der Waals surface area (Å²) < 4.78 is -0.464. The third kappa shape index (κ3) is 1.29. The van der Waals surface area contributed by atoms with Crippen molar-refractivity contribution >= 4 is 37.8 Å². The normalized spacial score (nSPS) is 25.2. The number of likely N-dealkylation sites (tertiary alicyclic amines) is 1. The summed E-state index contributed by atoms with van der Waals surface area (Å²) >= 11 is 6.55. The van der Waals surface area contributed by atoms with Gasteiger partial charge >= 0.3 is 0 Å². The van der Waals surface area contributed by atoms with Gasteiger partial charge in [-0.3, -0.25) is 4.79 Å². The monoisotopic (exact) mass is 255 g/mol. The van der Waals surface area contributed by atoms with Crippen molar-refractivity contribution in [2.75, 3.05) is 13.6 Å². The standard InChI is InChI=1S/C5H7Br2NO/c1-8-3-2-5(6,7)4(8)9/h2-3H2,1H3. The smallest absolute Gasteiger partial charge is 0.250 e. The molecule has 0 N–H and O–H groups in total. The number of halogens is 2. The van der Waals surface area contributed by atoms with Crippen LogP contribution in [0.4, 0.5) is 0 Å². The maximum Gasteiger partial charge on any atom is 0.250 e. The van der Waals surface area contributed by atoms with E-state index in [1.54, 1.807) is 11.9 Å². The first-order valence-corrected chi connectivity index (χ1v) is 4.26. The average Bonchev–Trinajstić information content (AvgIpc) is 1.97. The molecule has 0 aromatic rings. The van der Waals surface area contributed by atoms with Crippen LogP contribution in [0.1, 0.15) is 6.42 Å². The summed E-state index contributed by atoms with van der Waals surface area (Å²) in [6.07, 6.45) is 0.836. The van der Waals surface area contributed by atoms with Crippen LogP contribution in [0.15, 0.2) is 0 Å². The van der Waals surface area contributed by atoms with Crippen LogP contribution in [0.3, 0.4) is 0 Å². The molecule has 0 bridgehead atoms. The van der Waals surface area contributed by atoms with Crippen LogP contribution >= 0.6 is 31.9 Å². The molecule has 0 aromatic carbocycles. The van der Waals surface area contributed by atoms with Gasteiger partial charge in [-0.1, -0.05) is 31.9 Å². The van der Waals surface area contributed by atoms with E-state index >= 15 is 0 Å². The molecule has 52 valence electrons. The lowest BCUT2D eigenvalue weighted by Gasteiger charge is -2.10. The van der Waals surface area contributed by atoms with Crippen molar-refractivity contribution in [1.29, 1.82) is 0 Å². The van der Waals surface area contributed by atoms with Crippen LogP contribution in [-0.4, -0.2) is 27.6 Å². The molecular weight excluding hydrogens is 250 g/mol. The highest BCUT2D eigenvalue weighted by molar-refractivity contribution is 9.25. The lowest BCUT2D eigenvalue weighted by molar-refractivity contribution is -0.126. The first kappa shape index (κ1) is 7.54. The van der Waals surface area contributed by atoms with E-state index in [0.717, 1.165) is 13.0 Å². The topological polar surface area (TPSA) is 20.3 Å². The Kier molecular flexibility index (Phi) is 1.87. The Morgan fingerprint density at radius 1 is 1.67 bits per heavy atom. The summed E-state index contributed by atoms with van der Waals surface area (Å²) in [5.74, 6) is 0.113. The van der Waals surface area contributed by atoms with Gasteiger partial charge in [0, 0.05) is 13.6 Å². The molecule has 2 nitrogen and oxygen atoms in total. The highest BCUT2D eigenvalue weighted by atomic mass is 79.9. The molecular formula is C5H7Br2NO. The van der Waals surface area contributed by atoms with E-state index in [-0.39, 0.29) is 5.91 Å². The second-order valence-electron chi connectivity index (χ2n) is 2.18. The second-order valence-corrected chi connectivity index (χ2v) is 5.95. The van der Waals surface area contributed by atoms with E-state index in [1.807, 2.05) is 0 Å². The molecule has 0 radical (unpaired) electrons. The van der Waals surface area contributed by atoms with E-state index in [9.17, 15) is 4.79 Å². The Morgan fingerprint density at radius 3 is 2.33 bits per heavy atom. The molecule has 4 heteroatoms. The summed E-state index contributed by atoms with van der Waals surface area (Å²) in [7, 11) is 1.80. The summed E-state index contributed by atoms with van der Waals surface area (Å²) in [6.45, 7) is 0.829. The molecule has 0 spiro atoms. The van der Waals surface area contributed by atoms with Crippen molar-refractivity contribution in [3.63, 3.8) is 0 Å². The predicted octanol–water partition coefficient (Wildman–Crippen LogP) is 1.33. The highest BCUT2D eigenvalue weighted by Gasteiger charge is 2.40. The van der Waals surface area contributed by atoms with Crippen molar-refractivity contribution in [3.8, 4) is 0 Å². The Hall–Kier alpha value is 0.430. The van der Waals surface area contributed by atoms with E-state index in [1.165, 1.54) is 0 Å². The van der Waals surface area contributed by atoms with Gasteiger partial charge in [0.2, 0.25) is 5.91 Å². The predicted molar refractivity (Wildman–Crippen MR) is 42.8 cm³/mol. The minimum Gasteiger partial charge on any atom is -0.344 e. The largest absolute Gasteiger partial charge is 0.344 e. The molecule has 0 aromatic heterocycles. The highest BCUT2D eigenvalue weighted by Crippen LogP contribution is 2.36. The SMILES string of the molecule is CN1CCC(Br)(Br)C1=O. The van der Waals surface area contributed by atoms with E-state index in [2.05, 4.69) is 31.9 Å². The summed E-state index contributed by atoms with van der Waals surface area (Å²) in [5, 5.41) is 0. The lowest BCUT2D eigenvalue weighted by atomic mass is 10.4. The van der Waals surface area contributed by atoms with Gasteiger partial charge in [0.15, 0.2) is 3.23 Å². The Bertz CT molecular complexity index is 146. The Morgan fingerprint density at radius 2 is 2.22 bits per heavy atom. The van der Waals surface area contributed by atoms with Crippen LogP contribution in [0.2, 0.25) is 0 Å². The molecule has 9 heavy (non-hydrogen) atoms. The fourth-order valence-electron chi connectivity index (χ4n) is 0.796. The summed E-state index contributed by atoms with van der Waals surface area (Å²) in [6, 6.07) is 0. The van der Waals surface area contributed by atoms with Crippen LogP contribution in [0, 0.1) is 0 Å². The number of amides is 1. The van der Waals surface area contributed by atoms with Crippen LogP contribution in [0.25, 0.3) is 0 Å². The van der Waals surface area contributed by atoms with Gasteiger partial charge < -0.3 is 4.90 Å². The molecule has 1 rings (SSSR count). The molecule has 0 unspecified atom stereocenters. The molecule has 1 heterocycles. The maximum absolute atomic E-state index is 11.1. The van der Waals surface area contributed by atoms with Crippen LogP contribution in [0.5, 0.6) is 0 Å². The third-order valence-electron chi connectivity index (χ3n) is 1.42. The Balaban J connectivity index is 2.74. The van der Waals surface area contributed by atoms with Gasteiger partial charge in [0.05, 0.1) is 0 Å². The van der Waals surface area contributed by atoms with Gasteiger partial charge in [-0.15, -0.1) is 0 Å². The Labute approximate surface area is 70.8 Å². The number of nitrogens with zero attached hydrogens (tertiary/aromatic N) is 1. The summed E-state index contributed by atoms with van der Waals surface area (Å²) in [5.41, 5.74) is 0. The van der Waals surface area contributed by atoms with Crippen molar-refractivity contribution in [3.05, 3.63) is 0 Å². The van der Waals surface area contributed by atoms with Gasteiger partial charge in [-0.25, -0.2) is 0 Å². The molecule has 1 aliphatic heterocycles. The number of alkyl halides is 2. The van der Waals surface area contributed by atoms with Crippen molar-refractivity contribution in [2.45, 2.75) is 9.65 Å².